The van der Waals surface area contributed by atoms with Gasteiger partial charge in [-0.15, -0.1) is 0 Å². The van der Waals surface area contributed by atoms with E-state index < -0.39 is 6.67 Å². The second-order valence-electron chi connectivity index (χ2n) is 2.72. The van der Waals surface area contributed by atoms with Gasteiger partial charge in [0, 0.05) is 6.54 Å². The third-order valence-electron chi connectivity index (χ3n) is 1.74. The zero-order chi connectivity index (χ0) is 9.97. The van der Waals surface area contributed by atoms with Crippen LogP contribution in [0, 0.1) is 0 Å². The largest absolute Gasteiger partial charge is 0.359 e. The third-order valence-corrected chi connectivity index (χ3v) is 3.23. The van der Waals surface area contributed by atoms with Crippen molar-refractivity contribution in [3.8, 4) is 0 Å². The van der Waals surface area contributed by atoms with Gasteiger partial charge < -0.3 is 5.32 Å². The molecular formula is C9H8ClFN2S. The number of benzene rings is 1. The van der Waals surface area contributed by atoms with E-state index in [1.54, 1.807) is 0 Å². The van der Waals surface area contributed by atoms with Crippen molar-refractivity contribution in [2.45, 2.75) is 0 Å². The van der Waals surface area contributed by atoms with Crippen LogP contribution in [0.2, 0.25) is 5.02 Å². The number of fused-ring (bicyclic) bond motifs is 1. The first-order valence-electron chi connectivity index (χ1n) is 4.16. The SMILES string of the molecule is FCCNc1nc2cccc(Cl)c2s1. The molecule has 0 amide bonds. The Balaban J connectivity index is 2.36. The Kier molecular flexibility index (Phi) is 2.84. The molecule has 1 aromatic carbocycles. The second kappa shape index (κ2) is 4.11. The Hall–Kier alpha value is -0.870. The quantitative estimate of drug-likeness (QED) is 0.875. The minimum atomic E-state index is -0.399. The summed E-state index contributed by atoms with van der Waals surface area (Å²) in [4.78, 5) is 4.27. The summed E-state index contributed by atoms with van der Waals surface area (Å²) in [6.07, 6.45) is 0. The van der Waals surface area contributed by atoms with Crippen LogP contribution in [0.1, 0.15) is 0 Å². The van der Waals surface area contributed by atoms with Gasteiger partial charge in [0.2, 0.25) is 0 Å². The van der Waals surface area contributed by atoms with Gasteiger partial charge in [0.05, 0.1) is 15.2 Å². The standard InChI is InChI=1S/C9H8ClFN2S/c10-6-2-1-3-7-8(6)14-9(13-7)12-5-4-11/h1-3H,4-5H2,(H,12,13). The molecule has 0 spiro atoms. The maximum Gasteiger partial charge on any atom is 0.183 e. The molecule has 0 aliphatic heterocycles. The van der Waals surface area contributed by atoms with Crippen LogP contribution in [-0.2, 0) is 0 Å². The summed E-state index contributed by atoms with van der Waals surface area (Å²) in [5, 5.41) is 4.29. The molecule has 5 heteroatoms. The first kappa shape index (κ1) is 9.68. The molecule has 0 aliphatic carbocycles. The molecule has 0 saturated carbocycles. The number of nitrogens with zero attached hydrogens (tertiary/aromatic N) is 1. The van der Waals surface area contributed by atoms with Crippen LogP contribution >= 0.6 is 22.9 Å². The van der Waals surface area contributed by atoms with E-state index in [0.29, 0.717) is 10.2 Å². The lowest BCUT2D eigenvalue weighted by molar-refractivity contribution is 0.512. The number of hydrogen-bond donors (Lipinski definition) is 1. The highest BCUT2D eigenvalue weighted by Crippen LogP contribution is 2.31. The van der Waals surface area contributed by atoms with Crippen molar-refractivity contribution in [3.05, 3.63) is 23.2 Å². The van der Waals surface area contributed by atoms with Crippen LogP contribution in [0.4, 0.5) is 9.52 Å². The van der Waals surface area contributed by atoms with Crippen molar-refractivity contribution in [1.29, 1.82) is 0 Å². The van der Waals surface area contributed by atoms with Crippen LogP contribution < -0.4 is 5.32 Å². The summed E-state index contributed by atoms with van der Waals surface area (Å²) in [5.74, 6) is 0. The molecular weight excluding hydrogens is 223 g/mol. The highest BCUT2D eigenvalue weighted by atomic mass is 35.5. The first-order chi connectivity index (χ1) is 6.81. The smallest absolute Gasteiger partial charge is 0.183 e. The zero-order valence-corrected chi connectivity index (χ0v) is 8.83. The molecule has 0 radical (unpaired) electrons. The van der Waals surface area contributed by atoms with Gasteiger partial charge in [0.15, 0.2) is 5.13 Å². The van der Waals surface area contributed by atoms with Crippen LogP contribution in [-0.4, -0.2) is 18.2 Å². The van der Waals surface area contributed by atoms with Crippen molar-refractivity contribution in [1.82, 2.24) is 4.98 Å². The van der Waals surface area contributed by atoms with Gasteiger partial charge in [0.1, 0.15) is 6.67 Å². The summed E-state index contributed by atoms with van der Waals surface area (Å²) >= 11 is 7.42. The molecule has 74 valence electrons. The molecule has 1 heterocycles. The van der Waals surface area contributed by atoms with E-state index in [1.807, 2.05) is 18.2 Å². The third kappa shape index (κ3) is 1.81. The fourth-order valence-corrected chi connectivity index (χ4v) is 2.33. The Morgan fingerprint density at radius 3 is 3.07 bits per heavy atom. The Morgan fingerprint density at radius 2 is 2.36 bits per heavy atom. The fourth-order valence-electron chi connectivity index (χ4n) is 1.15. The Bertz CT molecular complexity index is 443. The molecule has 2 nitrogen and oxygen atoms in total. The number of rotatable bonds is 3. The molecule has 0 aliphatic rings. The number of anilines is 1. The summed E-state index contributed by atoms with van der Waals surface area (Å²) in [6, 6.07) is 5.56. The van der Waals surface area contributed by atoms with Gasteiger partial charge in [-0.2, -0.15) is 0 Å². The van der Waals surface area contributed by atoms with E-state index in [9.17, 15) is 4.39 Å². The number of hydrogen-bond acceptors (Lipinski definition) is 3. The van der Waals surface area contributed by atoms with Gasteiger partial charge in [-0.1, -0.05) is 29.0 Å². The average molecular weight is 231 g/mol. The lowest BCUT2D eigenvalue weighted by Crippen LogP contribution is -2.01. The molecule has 0 atom stereocenters. The predicted octanol–water partition coefficient (Wildman–Crippen LogP) is 3.33. The fraction of sp³-hybridized carbons (Fsp3) is 0.222. The molecule has 14 heavy (non-hydrogen) atoms. The van der Waals surface area contributed by atoms with Crippen molar-refractivity contribution in [3.63, 3.8) is 0 Å². The van der Waals surface area contributed by atoms with Gasteiger partial charge in [0.25, 0.3) is 0 Å². The van der Waals surface area contributed by atoms with Gasteiger partial charge in [-0.05, 0) is 12.1 Å². The van der Waals surface area contributed by atoms with E-state index in [2.05, 4.69) is 10.3 Å². The van der Waals surface area contributed by atoms with Gasteiger partial charge in [-0.3, -0.25) is 0 Å². The lowest BCUT2D eigenvalue weighted by Gasteiger charge is -1.94. The van der Waals surface area contributed by atoms with Crippen molar-refractivity contribution in [2.75, 3.05) is 18.5 Å². The summed E-state index contributed by atoms with van der Waals surface area (Å²) in [5.41, 5.74) is 0.851. The molecule has 2 rings (SSSR count). The maximum absolute atomic E-state index is 11.9. The molecule has 0 saturated heterocycles. The minimum Gasteiger partial charge on any atom is -0.359 e. The van der Waals surface area contributed by atoms with E-state index in [-0.39, 0.29) is 6.54 Å². The van der Waals surface area contributed by atoms with Crippen LogP contribution in [0.25, 0.3) is 10.2 Å². The second-order valence-corrected chi connectivity index (χ2v) is 4.13. The molecule has 0 fully saturated rings. The Morgan fingerprint density at radius 1 is 1.50 bits per heavy atom. The van der Waals surface area contributed by atoms with Gasteiger partial charge >= 0.3 is 0 Å². The maximum atomic E-state index is 11.9. The van der Waals surface area contributed by atoms with Crippen LogP contribution in [0.15, 0.2) is 18.2 Å². The number of aromatic nitrogens is 1. The molecule has 1 aromatic heterocycles. The number of halogens is 2. The summed E-state index contributed by atoms with van der Waals surface area (Å²) < 4.78 is 12.8. The average Bonchev–Trinajstić information content (AvgIpc) is 2.59. The van der Waals surface area contributed by atoms with Crippen molar-refractivity contribution >= 4 is 38.3 Å². The van der Waals surface area contributed by atoms with E-state index in [1.165, 1.54) is 11.3 Å². The molecule has 2 aromatic rings. The van der Waals surface area contributed by atoms with Crippen molar-refractivity contribution < 1.29 is 4.39 Å². The topological polar surface area (TPSA) is 24.9 Å². The molecule has 0 unspecified atom stereocenters. The lowest BCUT2D eigenvalue weighted by atomic mass is 10.3. The number of nitrogens with one attached hydrogen (secondary N) is 1. The monoisotopic (exact) mass is 230 g/mol. The Labute approximate surface area is 89.7 Å². The predicted molar refractivity (Wildman–Crippen MR) is 59.1 cm³/mol. The summed E-state index contributed by atoms with van der Waals surface area (Å²) in [7, 11) is 0. The number of thiazole rings is 1. The van der Waals surface area contributed by atoms with E-state index >= 15 is 0 Å². The van der Waals surface area contributed by atoms with E-state index in [4.69, 9.17) is 11.6 Å². The molecule has 1 N–H and O–H groups in total. The summed E-state index contributed by atoms with van der Waals surface area (Å²) in [6.45, 7) is -0.110. The van der Waals surface area contributed by atoms with Gasteiger partial charge in [-0.25, -0.2) is 9.37 Å². The van der Waals surface area contributed by atoms with Crippen molar-refractivity contribution in [2.24, 2.45) is 0 Å². The highest BCUT2D eigenvalue weighted by molar-refractivity contribution is 7.22. The highest BCUT2D eigenvalue weighted by Gasteiger charge is 2.05. The minimum absolute atomic E-state index is 0.289. The van der Waals surface area contributed by atoms with Crippen LogP contribution in [0.5, 0.6) is 0 Å². The zero-order valence-electron chi connectivity index (χ0n) is 7.26. The molecule has 0 bridgehead atoms. The first-order valence-corrected chi connectivity index (χ1v) is 5.35. The number of alkyl halides is 1. The van der Waals surface area contributed by atoms with Crippen LogP contribution in [0.3, 0.4) is 0 Å². The van der Waals surface area contributed by atoms with E-state index in [0.717, 1.165) is 10.2 Å². The normalized spacial score (nSPS) is 10.7.